The zero-order valence-corrected chi connectivity index (χ0v) is 14.9. The summed E-state index contributed by atoms with van der Waals surface area (Å²) < 4.78 is 32.5. The van der Waals surface area contributed by atoms with E-state index in [1.807, 2.05) is 13.8 Å². The monoisotopic (exact) mass is 348 g/mol. The van der Waals surface area contributed by atoms with Crippen LogP contribution in [-0.4, -0.2) is 27.2 Å². The molecule has 0 aliphatic heterocycles. The number of ether oxygens (including phenoxy) is 1. The molecule has 0 unspecified atom stereocenters. The van der Waals surface area contributed by atoms with E-state index in [0.717, 1.165) is 0 Å². The molecule has 0 amide bonds. The molecular weight excluding hydrogens is 326 g/mol. The van der Waals surface area contributed by atoms with Gasteiger partial charge >= 0.3 is 0 Å². The van der Waals surface area contributed by atoms with Gasteiger partial charge in [-0.1, -0.05) is 26.0 Å². The Bertz CT molecular complexity index is 798. The van der Waals surface area contributed by atoms with Gasteiger partial charge < -0.3 is 9.84 Å². The Balaban J connectivity index is 2.55. The van der Waals surface area contributed by atoms with E-state index >= 15 is 0 Å². The van der Waals surface area contributed by atoms with Crippen molar-refractivity contribution in [2.24, 2.45) is 5.92 Å². The van der Waals surface area contributed by atoms with E-state index in [0.29, 0.717) is 11.3 Å². The van der Waals surface area contributed by atoms with Crippen LogP contribution in [0.2, 0.25) is 0 Å². The van der Waals surface area contributed by atoms with E-state index in [2.05, 4.69) is 6.92 Å². The summed E-state index contributed by atoms with van der Waals surface area (Å²) in [7, 11) is -2.30. The smallest absolute Gasteiger partial charge is 0.264 e. The van der Waals surface area contributed by atoms with Crippen molar-refractivity contribution in [2.75, 3.05) is 18.0 Å². The van der Waals surface area contributed by atoms with Crippen LogP contribution in [0.1, 0.15) is 19.4 Å². The van der Waals surface area contributed by atoms with Crippen LogP contribution in [0.15, 0.2) is 47.4 Å². The molecule has 0 aliphatic rings. The molecular formula is C18H22NO4S. The minimum absolute atomic E-state index is 0.0749. The molecule has 0 bridgehead atoms. The Morgan fingerprint density at radius 2 is 1.79 bits per heavy atom. The van der Waals surface area contributed by atoms with E-state index in [9.17, 15) is 13.5 Å². The number of methoxy groups -OCH3 is 1. The fraction of sp³-hybridized carbons (Fsp3) is 0.278. The Labute approximate surface area is 143 Å². The quantitative estimate of drug-likeness (QED) is 0.868. The zero-order chi connectivity index (χ0) is 17.9. The molecule has 0 aliphatic carbocycles. The lowest BCUT2D eigenvalue weighted by molar-refractivity contribution is 0.414. The van der Waals surface area contributed by atoms with Crippen LogP contribution in [0.3, 0.4) is 0 Å². The molecule has 129 valence electrons. The molecule has 24 heavy (non-hydrogen) atoms. The van der Waals surface area contributed by atoms with Crippen LogP contribution in [0.25, 0.3) is 0 Å². The second-order valence-electron chi connectivity index (χ2n) is 5.89. The van der Waals surface area contributed by atoms with Crippen LogP contribution in [0.5, 0.6) is 11.5 Å². The van der Waals surface area contributed by atoms with E-state index in [1.165, 1.54) is 23.5 Å². The van der Waals surface area contributed by atoms with Crippen LogP contribution in [-0.2, 0) is 10.0 Å². The molecule has 5 nitrogen and oxygen atoms in total. The van der Waals surface area contributed by atoms with Gasteiger partial charge in [-0.2, -0.15) is 0 Å². The lowest BCUT2D eigenvalue weighted by Crippen LogP contribution is -2.34. The van der Waals surface area contributed by atoms with Crippen LogP contribution >= 0.6 is 0 Å². The van der Waals surface area contributed by atoms with E-state index in [1.54, 1.807) is 30.3 Å². The van der Waals surface area contributed by atoms with Gasteiger partial charge in [0, 0.05) is 6.54 Å². The van der Waals surface area contributed by atoms with Crippen LogP contribution in [0.4, 0.5) is 5.69 Å². The van der Waals surface area contributed by atoms with Crippen molar-refractivity contribution >= 4 is 15.7 Å². The summed E-state index contributed by atoms with van der Waals surface area (Å²) in [5.41, 5.74) is 0.609. The SMILES string of the molecule is [CH2]c1cccc(N(CC(C)C)S(=O)(=O)c2ccc(OC)cc2)c1O. The molecule has 2 rings (SSSR count). The predicted molar refractivity (Wildman–Crippen MR) is 94.9 cm³/mol. The molecule has 0 aromatic heterocycles. The summed E-state index contributed by atoms with van der Waals surface area (Å²) in [5, 5.41) is 10.3. The summed E-state index contributed by atoms with van der Waals surface area (Å²) in [6.07, 6.45) is 0. The van der Waals surface area contributed by atoms with Crippen molar-refractivity contribution in [3.63, 3.8) is 0 Å². The average Bonchev–Trinajstić information content (AvgIpc) is 2.55. The van der Waals surface area contributed by atoms with Crippen molar-refractivity contribution < 1.29 is 18.3 Å². The Morgan fingerprint density at radius 1 is 1.17 bits per heavy atom. The van der Waals surface area contributed by atoms with Gasteiger partial charge in [0.05, 0.1) is 17.7 Å². The fourth-order valence-electron chi connectivity index (χ4n) is 2.31. The third kappa shape index (κ3) is 3.64. The molecule has 0 heterocycles. The minimum atomic E-state index is -3.82. The van der Waals surface area contributed by atoms with E-state index in [4.69, 9.17) is 4.74 Å². The molecule has 0 fully saturated rings. The standard InChI is InChI=1S/C18H22NO4S/c1-13(2)12-19(17-7-5-6-14(3)18(17)20)24(21,22)16-10-8-15(23-4)9-11-16/h5-11,13,20H,3,12H2,1-2,4H3. The molecule has 0 saturated heterocycles. The zero-order valence-electron chi connectivity index (χ0n) is 14.1. The number of para-hydroxylation sites is 1. The maximum atomic E-state index is 13.1. The summed E-state index contributed by atoms with van der Waals surface area (Å²) in [6.45, 7) is 7.81. The van der Waals surface area contributed by atoms with Crippen molar-refractivity contribution in [3.8, 4) is 11.5 Å². The van der Waals surface area contributed by atoms with Gasteiger partial charge in [-0.15, -0.1) is 0 Å². The van der Waals surface area contributed by atoms with E-state index < -0.39 is 10.0 Å². The normalized spacial score (nSPS) is 11.5. The third-order valence-electron chi connectivity index (χ3n) is 3.55. The number of hydrogen-bond donors (Lipinski definition) is 1. The number of sulfonamides is 1. The largest absolute Gasteiger partial charge is 0.505 e. The molecule has 1 radical (unpaired) electrons. The number of hydrogen-bond acceptors (Lipinski definition) is 4. The topological polar surface area (TPSA) is 66.8 Å². The maximum Gasteiger partial charge on any atom is 0.264 e. The number of benzene rings is 2. The first kappa shape index (κ1) is 18.1. The Hall–Kier alpha value is -2.21. The highest BCUT2D eigenvalue weighted by Crippen LogP contribution is 2.34. The molecule has 0 spiro atoms. The fourth-order valence-corrected chi connectivity index (χ4v) is 3.95. The van der Waals surface area contributed by atoms with Crippen molar-refractivity contribution in [2.45, 2.75) is 18.7 Å². The summed E-state index contributed by atoms with van der Waals surface area (Å²) >= 11 is 0. The van der Waals surface area contributed by atoms with Gasteiger partial charge in [-0.05, 0) is 48.7 Å². The maximum absolute atomic E-state index is 13.1. The van der Waals surface area contributed by atoms with Crippen LogP contribution < -0.4 is 9.04 Å². The number of phenolic OH excluding ortho intramolecular Hbond substituents is 1. The Morgan fingerprint density at radius 3 is 2.33 bits per heavy atom. The number of rotatable bonds is 6. The van der Waals surface area contributed by atoms with E-state index in [-0.39, 0.29) is 28.8 Å². The molecule has 2 aromatic carbocycles. The van der Waals surface area contributed by atoms with Crippen molar-refractivity contribution in [3.05, 3.63) is 55.0 Å². The van der Waals surface area contributed by atoms with Gasteiger partial charge in [0.2, 0.25) is 0 Å². The van der Waals surface area contributed by atoms with Crippen molar-refractivity contribution in [1.29, 1.82) is 0 Å². The summed E-state index contributed by atoms with van der Waals surface area (Å²) in [5.74, 6) is 0.521. The average molecular weight is 348 g/mol. The van der Waals surface area contributed by atoms with Crippen LogP contribution in [0, 0.1) is 12.8 Å². The second kappa shape index (κ2) is 7.13. The first-order valence-electron chi connectivity index (χ1n) is 7.58. The van der Waals surface area contributed by atoms with Gasteiger partial charge in [-0.25, -0.2) is 8.42 Å². The van der Waals surface area contributed by atoms with Crippen molar-refractivity contribution in [1.82, 2.24) is 0 Å². The highest BCUT2D eigenvalue weighted by atomic mass is 32.2. The molecule has 1 N–H and O–H groups in total. The number of aromatic hydroxyl groups is 1. The molecule has 2 aromatic rings. The first-order chi connectivity index (χ1) is 11.3. The molecule has 6 heteroatoms. The second-order valence-corrected chi connectivity index (χ2v) is 7.75. The summed E-state index contributed by atoms with van der Waals surface area (Å²) in [6, 6.07) is 11.1. The lowest BCUT2D eigenvalue weighted by Gasteiger charge is -2.27. The number of anilines is 1. The third-order valence-corrected chi connectivity index (χ3v) is 5.34. The lowest BCUT2D eigenvalue weighted by atomic mass is 10.1. The predicted octanol–water partition coefficient (Wildman–Crippen LogP) is 3.43. The number of nitrogens with zero attached hydrogens (tertiary/aromatic N) is 1. The highest BCUT2D eigenvalue weighted by Gasteiger charge is 2.28. The highest BCUT2D eigenvalue weighted by molar-refractivity contribution is 7.92. The van der Waals surface area contributed by atoms with Gasteiger partial charge in [-0.3, -0.25) is 4.31 Å². The minimum Gasteiger partial charge on any atom is -0.505 e. The van der Waals surface area contributed by atoms with Gasteiger partial charge in [0.25, 0.3) is 10.0 Å². The molecule has 0 atom stereocenters. The van der Waals surface area contributed by atoms with Gasteiger partial charge in [0.15, 0.2) is 0 Å². The first-order valence-corrected chi connectivity index (χ1v) is 9.02. The molecule has 0 saturated carbocycles. The number of phenols is 1. The Kier molecular flexibility index (Phi) is 5.39. The summed E-state index contributed by atoms with van der Waals surface area (Å²) in [4.78, 5) is 0.137. The van der Waals surface area contributed by atoms with Gasteiger partial charge in [0.1, 0.15) is 11.5 Å².